The molecule has 0 aliphatic carbocycles. The molecule has 0 radical (unpaired) electrons. The van der Waals surface area contributed by atoms with Gasteiger partial charge in [0, 0.05) is 19.8 Å². The molecule has 0 heterocycles. The average Bonchev–Trinajstić information content (AvgIpc) is 2.31. The zero-order valence-corrected chi connectivity index (χ0v) is 12.9. The monoisotopic (exact) mass is 354 g/mol. The molecule has 1 N–H and O–H groups in total. The SMILES string of the molecule is CN(C)S(=O)(=O)c1cc(NC(=O)CBr)ccc1Cl. The third-order valence-electron chi connectivity index (χ3n) is 2.09. The van der Waals surface area contributed by atoms with E-state index in [0.29, 0.717) is 5.69 Å². The predicted molar refractivity (Wildman–Crippen MR) is 74.7 cm³/mol. The molecule has 1 aromatic carbocycles. The minimum atomic E-state index is -3.63. The number of alkyl halides is 1. The normalized spacial score (nSPS) is 11.6. The van der Waals surface area contributed by atoms with Crippen LogP contribution in [-0.4, -0.2) is 38.1 Å². The van der Waals surface area contributed by atoms with Crippen molar-refractivity contribution in [2.24, 2.45) is 0 Å². The molecule has 0 atom stereocenters. The zero-order valence-electron chi connectivity index (χ0n) is 9.78. The Morgan fingerprint density at radius 2 is 2.06 bits per heavy atom. The second-order valence-electron chi connectivity index (χ2n) is 3.61. The Morgan fingerprint density at radius 3 is 2.56 bits per heavy atom. The number of nitrogens with zero attached hydrogens (tertiary/aromatic N) is 1. The van der Waals surface area contributed by atoms with Crippen molar-refractivity contribution in [2.45, 2.75) is 4.90 Å². The maximum atomic E-state index is 12.0. The number of carbonyl (C=O) groups excluding carboxylic acids is 1. The second kappa shape index (κ2) is 6.01. The Labute approximate surface area is 119 Å². The Kier molecular flexibility index (Phi) is 5.15. The fourth-order valence-electron chi connectivity index (χ4n) is 1.17. The highest BCUT2D eigenvalue weighted by molar-refractivity contribution is 9.09. The van der Waals surface area contributed by atoms with Crippen LogP contribution in [0.2, 0.25) is 5.02 Å². The van der Waals surface area contributed by atoms with Crippen molar-refractivity contribution < 1.29 is 13.2 Å². The Morgan fingerprint density at radius 1 is 1.44 bits per heavy atom. The average molecular weight is 356 g/mol. The van der Waals surface area contributed by atoms with Gasteiger partial charge in [0.15, 0.2) is 0 Å². The van der Waals surface area contributed by atoms with E-state index in [1.165, 1.54) is 32.3 Å². The third-order valence-corrected chi connectivity index (χ3v) is 4.90. The van der Waals surface area contributed by atoms with E-state index in [1.54, 1.807) is 0 Å². The first kappa shape index (κ1) is 15.4. The number of hydrogen-bond acceptors (Lipinski definition) is 3. The molecule has 1 rings (SSSR count). The summed E-state index contributed by atoms with van der Waals surface area (Å²) in [6.45, 7) is 0. The number of hydrogen-bond donors (Lipinski definition) is 1. The van der Waals surface area contributed by atoms with Crippen LogP contribution in [0.15, 0.2) is 23.1 Å². The van der Waals surface area contributed by atoms with Crippen LogP contribution >= 0.6 is 27.5 Å². The number of benzene rings is 1. The van der Waals surface area contributed by atoms with E-state index in [-0.39, 0.29) is 21.2 Å². The van der Waals surface area contributed by atoms with Crippen LogP contribution in [0.4, 0.5) is 5.69 Å². The molecule has 0 bridgehead atoms. The first-order valence-electron chi connectivity index (χ1n) is 4.87. The quantitative estimate of drug-likeness (QED) is 0.839. The van der Waals surface area contributed by atoms with Gasteiger partial charge in [-0.2, -0.15) is 0 Å². The molecule has 0 fully saturated rings. The molecule has 0 saturated heterocycles. The topological polar surface area (TPSA) is 66.5 Å². The number of amides is 1. The van der Waals surface area contributed by atoms with Gasteiger partial charge >= 0.3 is 0 Å². The van der Waals surface area contributed by atoms with E-state index in [1.807, 2.05) is 0 Å². The number of nitrogens with one attached hydrogen (secondary N) is 1. The molecule has 0 unspecified atom stereocenters. The molecule has 0 aromatic heterocycles. The van der Waals surface area contributed by atoms with E-state index >= 15 is 0 Å². The highest BCUT2D eigenvalue weighted by atomic mass is 79.9. The van der Waals surface area contributed by atoms with Gasteiger partial charge in [-0.05, 0) is 18.2 Å². The van der Waals surface area contributed by atoms with Gasteiger partial charge in [-0.3, -0.25) is 4.79 Å². The van der Waals surface area contributed by atoms with Crippen molar-refractivity contribution in [1.29, 1.82) is 0 Å². The molecule has 0 aliphatic heterocycles. The fraction of sp³-hybridized carbons (Fsp3) is 0.300. The molecule has 0 saturated carbocycles. The molecule has 0 spiro atoms. The van der Waals surface area contributed by atoms with Crippen LogP contribution in [-0.2, 0) is 14.8 Å². The Hall–Kier alpha value is -0.630. The summed E-state index contributed by atoms with van der Waals surface area (Å²) in [6.07, 6.45) is 0. The van der Waals surface area contributed by atoms with E-state index in [0.717, 1.165) is 4.31 Å². The highest BCUT2D eigenvalue weighted by Crippen LogP contribution is 2.26. The van der Waals surface area contributed by atoms with Crippen molar-refractivity contribution in [2.75, 3.05) is 24.7 Å². The van der Waals surface area contributed by atoms with Gasteiger partial charge in [-0.25, -0.2) is 12.7 Å². The van der Waals surface area contributed by atoms with E-state index in [4.69, 9.17) is 11.6 Å². The van der Waals surface area contributed by atoms with Gasteiger partial charge in [0.05, 0.1) is 10.4 Å². The predicted octanol–water partition coefficient (Wildman–Crippen LogP) is 1.92. The minimum absolute atomic E-state index is 0.0402. The largest absolute Gasteiger partial charge is 0.325 e. The number of carbonyl (C=O) groups is 1. The van der Waals surface area contributed by atoms with Crippen LogP contribution in [0, 0.1) is 0 Å². The summed E-state index contributed by atoms with van der Waals surface area (Å²) in [7, 11) is -0.810. The molecule has 0 aliphatic rings. The summed E-state index contributed by atoms with van der Waals surface area (Å²) in [4.78, 5) is 11.2. The highest BCUT2D eigenvalue weighted by Gasteiger charge is 2.21. The number of rotatable bonds is 4. The second-order valence-corrected chi connectivity index (χ2v) is 6.70. The van der Waals surface area contributed by atoms with Gasteiger partial charge in [0.1, 0.15) is 4.90 Å². The lowest BCUT2D eigenvalue weighted by atomic mass is 10.3. The number of anilines is 1. The van der Waals surface area contributed by atoms with E-state index in [9.17, 15) is 13.2 Å². The summed E-state index contributed by atoms with van der Waals surface area (Å²) in [5.74, 6) is -0.273. The molecule has 1 aromatic rings. The van der Waals surface area contributed by atoms with Gasteiger partial charge in [0.2, 0.25) is 15.9 Å². The lowest BCUT2D eigenvalue weighted by Gasteiger charge is -2.14. The van der Waals surface area contributed by atoms with Crippen LogP contribution in [0.5, 0.6) is 0 Å². The third kappa shape index (κ3) is 3.44. The smallest absolute Gasteiger partial charge is 0.244 e. The molecular formula is C10H12BrClN2O3S. The molecular weight excluding hydrogens is 344 g/mol. The number of halogens is 2. The molecule has 5 nitrogen and oxygen atoms in total. The molecule has 8 heteroatoms. The van der Waals surface area contributed by atoms with E-state index < -0.39 is 10.0 Å². The van der Waals surface area contributed by atoms with Crippen LogP contribution < -0.4 is 5.32 Å². The Bertz CT molecular complexity index is 560. The molecule has 1 amide bonds. The summed E-state index contributed by atoms with van der Waals surface area (Å²) in [5, 5.41) is 2.78. The fourth-order valence-corrected chi connectivity index (χ4v) is 2.70. The van der Waals surface area contributed by atoms with Gasteiger partial charge < -0.3 is 5.32 Å². The zero-order chi connectivity index (χ0) is 13.9. The van der Waals surface area contributed by atoms with Crippen LogP contribution in [0.1, 0.15) is 0 Å². The van der Waals surface area contributed by atoms with Crippen molar-refractivity contribution >= 4 is 49.1 Å². The Balaban J connectivity index is 3.22. The maximum Gasteiger partial charge on any atom is 0.244 e. The standard InChI is InChI=1S/C10H12BrClN2O3S/c1-14(2)18(16,17)9-5-7(3-4-8(9)12)13-10(15)6-11/h3-5H,6H2,1-2H3,(H,13,15). The summed E-state index contributed by atoms with van der Waals surface area (Å²) < 4.78 is 25.0. The van der Waals surface area contributed by atoms with Gasteiger partial charge in [0.25, 0.3) is 0 Å². The maximum absolute atomic E-state index is 12.0. The molecule has 100 valence electrons. The summed E-state index contributed by atoms with van der Waals surface area (Å²) in [5.41, 5.74) is 0.379. The van der Waals surface area contributed by atoms with Crippen LogP contribution in [0.25, 0.3) is 0 Å². The van der Waals surface area contributed by atoms with Gasteiger partial charge in [-0.1, -0.05) is 27.5 Å². The van der Waals surface area contributed by atoms with Crippen LogP contribution in [0.3, 0.4) is 0 Å². The number of sulfonamides is 1. The first-order chi connectivity index (χ1) is 8.28. The van der Waals surface area contributed by atoms with Gasteiger partial charge in [-0.15, -0.1) is 0 Å². The minimum Gasteiger partial charge on any atom is -0.325 e. The summed E-state index contributed by atoms with van der Waals surface area (Å²) >= 11 is 8.87. The summed E-state index contributed by atoms with van der Waals surface area (Å²) in [6, 6.07) is 4.30. The van der Waals surface area contributed by atoms with Crippen molar-refractivity contribution in [3.8, 4) is 0 Å². The van der Waals surface area contributed by atoms with Crippen molar-refractivity contribution in [1.82, 2.24) is 4.31 Å². The lowest BCUT2D eigenvalue weighted by molar-refractivity contribution is -0.113. The van der Waals surface area contributed by atoms with Crippen molar-refractivity contribution in [3.63, 3.8) is 0 Å². The van der Waals surface area contributed by atoms with E-state index in [2.05, 4.69) is 21.2 Å². The molecule has 18 heavy (non-hydrogen) atoms. The van der Waals surface area contributed by atoms with Crippen molar-refractivity contribution in [3.05, 3.63) is 23.2 Å². The lowest BCUT2D eigenvalue weighted by Crippen LogP contribution is -2.23. The first-order valence-corrected chi connectivity index (χ1v) is 7.81.